The number of nitrogens with two attached hydrogens (primary N) is 1. The number of hydrogen-bond donors (Lipinski definition) is 3. The number of nitrogens with one attached hydrogen (secondary N) is 2. The monoisotopic (exact) mass is 392 g/mol. The highest BCUT2D eigenvalue weighted by molar-refractivity contribution is 6.05. The van der Waals surface area contributed by atoms with Crippen LogP contribution in [0.15, 0.2) is 48.5 Å². The summed E-state index contributed by atoms with van der Waals surface area (Å²) >= 11 is 0. The van der Waals surface area contributed by atoms with Crippen LogP contribution in [0.25, 0.3) is 0 Å². The molecule has 29 heavy (non-hydrogen) atoms. The van der Waals surface area contributed by atoms with Crippen molar-refractivity contribution in [3.05, 3.63) is 70.8 Å². The zero-order chi connectivity index (χ0) is 20.4. The van der Waals surface area contributed by atoms with Crippen LogP contribution in [0, 0.1) is 0 Å². The fourth-order valence-corrected chi connectivity index (χ4v) is 3.93. The molecule has 7 heteroatoms. The van der Waals surface area contributed by atoms with Gasteiger partial charge in [0.15, 0.2) is 0 Å². The fraction of sp³-hybridized carbons (Fsp3) is 0.318. The summed E-state index contributed by atoms with van der Waals surface area (Å²) in [6.45, 7) is 1.67. The van der Waals surface area contributed by atoms with E-state index in [2.05, 4.69) is 10.6 Å². The van der Waals surface area contributed by atoms with Crippen LogP contribution >= 0.6 is 0 Å². The Bertz CT molecular complexity index is 944. The average molecular weight is 392 g/mol. The van der Waals surface area contributed by atoms with Gasteiger partial charge in [0.2, 0.25) is 11.8 Å². The van der Waals surface area contributed by atoms with Crippen LogP contribution in [0.4, 0.5) is 0 Å². The highest BCUT2D eigenvalue weighted by atomic mass is 16.2. The Labute approximate surface area is 169 Å². The highest BCUT2D eigenvalue weighted by Gasteiger charge is 2.38. The van der Waals surface area contributed by atoms with Crippen molar-refractivity contribution >= 4 is 17.7 Å². The molecule has 2 aromatic carbocycles. The number of carbonyl (C=O) groups excluding carboxylic acids is 3. The molecule has 2 heterocycles. The lowest BCUT2D eigenvalue weighted by Crippen LogP contribution is -2.52. The third-order valence-corrected chi connectivity index (χ3v) is 5.51. The van der Waals surface area contributed by atoms with Gasteiger partial charge in [-0.3, -0.25) is 19.7 Å². The lowest BCUT2D eigenvalue weighted by Gasteiger charge is -2.29. The number of rotatable bonds is 6. The Balaban J connectivity index is 1.37. The van der Waals surface area contributed by atoms with E-state index < -0.39 is 6.04 Å². The van der Waals surface area contributed by atoms with Gasteiger partial charge in [-0.05, 0) is 29.2 Å². The minimum absolute atomic E-state index is 0.0878. The number of imide groups is 1. The second-order valence-corrected chi connectivity index (χ2v) is 7.54. The Morgan fingerprint density at radius 1 is 1.14 bits per heavy atom. The van der Waals surface area contributed by atoms with Gasteiger partial charge in [0.25, 0.3) is 5.91 Å². The van der Waals surface area contributed by atoms with E-state index in [0.717, 1.165) is 16.7 Å². The van der Waals surface area contributed by atoms with Gasteiger partial charge in [0.05, 0.1) is 0 Å². The molecule has 0 spiro atoms. The van der Waals surface area contributed by atoms with Crippen molar-refractivity contribution in [2.45, 2.75) is 38.0 Å². The number of fused-ring (bicyclic) bond motifs is 1. The van der Waals surface area contributed by atoms with Crippen LogP contribution < -0.4 is 16.4 Å². The molecule has 2 aliphatic rings. The molecular weight excluding hydrogens is 368 g/mol. The second-order valence-electron chi connectivity index (χ2n) is 7.54. The quantitative estimate of drug-likeness (QED) is 0.642. The Kier molecular flexibility index (Phi) is 5.42. The lowest BCUT2D eigenvalue weighted by atomic mass is 10.0. The maximum atomic E-state index is 12.7. The number of benzene rings is 2. The molecule has 1 fully saturated rings. The van der Waals surface area contributed by atoms with Gasteiger partial charge in [-0.1, -0.05) is 42.5 Å². The number of nitrogens with zero attached hydrogens (tertiary/aromatic N) is 1. The summed E-state index contributed by atoms with van der Waals surface area (Å²) in [4.78, 5) is 37.8. The number of amides is 3. The van der Waals surface area contributed by atoms with Crippen molar-refractivity contribution in [2.24, 2.45) is 5.73 Å². The summed E-state index contributed by atoms with van der Waals surface area (Å²) in [5.74, 6) is -0.822. The largest absolute Gasteiger partial charge is 0.323 e. The molecule has 0 aromatic heterocycles. The topological polar surface area (TPSA) is 105 Å². The van der Waals surface area contributed by atoms with Crippen LogP contribution in [0.5, 0.6) is 0 Å². The van der Waals surface area contributed by atoms with Crippen LogP contribution in [-0.2, 0) is 22.7 Å². The maximum Gasteiger partial charge on any atom is 0.255 e. The Morgan fingerprint density at radius 2 is 1.93 bits per heavy atom. The van der Waals surface area contributed by atoms with Crippen molar-refractivity contribution < 1.29 is 14.4 Å². The molecular formula is C22H24N4O3. The molecule has 0 bridgehead atoms. The SMILES string of the molecule is N[C@H](CNCc1ccc2c(c1)CN(C1CCC(=O)NC1=O)C2=O)c1ccccc1. The molecule has 7 nitrogen and oxygen atoms in total. The van der Waals surface area contributed by atoms with E-state index >= 15 is 0 Å². The molecule has 4 rings (SSSR count). The molecule has 150 valence electrons. The molecule has 1 unspecified atom stereocenters. The molecule has 2 aliphatic heterocycles. The summed E-state index contributed by atoms with van der Waals surface area (Å²) in [7, 11) is 0. The van der Waals surface area contributed by atoms with E-state index in [1.807, 2.05) is 48.5 Å². The smallest absolute Gasteiger partial charge is 0.255 e. The van der Waals surface area contributed by atoms with Gasteiger partial charge < -0.3 is 16.0 Å². The number of carbonyl (C=O) groups is 3. The average Bonchev–Trinajstić information content (AvgIpc) is 3.04. The predicted octanol–water partition coefficient (Wildman–Crippen LogP) is 1.24. The van der Waals surface area contributed by atoms with Gasteiger partial charge >= 0.3 is 0 Å². The zero-order valence-electron chi connectivity index (χ0n) is 16.1. The zero-order valence-corrected chi connectivity index (χ0v) is 16.1. The first-order valence-corrected chi connectivity index (χ1v) is 9.80. The summed E-state index contributed by atoms with van der Waals surface area (Å²) in [5.41, 5.74) is 9.89. The highest BCUT2D eigenvalue weighted by Crippen LogP contribution is 2.28. The van der Waals surface area contributed by atoms with Crippen molar-refractivity contribution in [1.29, 1.82) is 0 Å². The first kappa shape index (κ1) is 19.3. The third-order valence-electron chi connectivity index (χ3n) is 5.51. The van der Waals surface area contributed by atoms with Crippen molar-refractivity contribution in [3.8, 4) is 0 Å². The first-order valence-electron chi connectivity index (χ1n) is 9.80. The van der Waals surface area contributed by atoms with Crippen LogP contribution in [0.1, 0.15) is 45.9 Å². The predicted molar refractivity (Wildman–Crippen MR) is 108 cm³/mol. The number of hydrogen-bond acceptors (Lipinski definition) is 5. The van der Waals surface area contributed by atoms with Gasteiger partial charge in [0, 0.05) is 37.7 Å². The fourth-order valence-electron chi connectivity index (χ4n) is 3.93. The Hall–Kier alpha value is -3.03. The molecule has 2 atom stereocenters. The molecule has 0 aliphatic carbocycles. The van der Waals surface area contributed by atoms with E-state index in [9.17, 15) is 14.4 Å². The van der Waals surface area contributed by atoms with Gasteiger partial charge in [-0.2, -0.15) is 0 Å². The van der Waals surface area contributed by atoms with Crippen molar-refractivity contribution in [3.63, 3.8) is 0 Å². The van der Waals surface area contributed by atoms with E-state index in [4.69, 9.17) is 5.73 Å². The third kappa shape index (κ3) is 4.06. The molecule has 1 saturated heterocycles. The second kappa shape index (κ2) is 8.14. The van der Waals surface area contributed by atoms with Crippen LogP contribution in [0.2, 0.25) is 0 Å². The summed E-state index contributed by atoms with van der Waals surface area (Å²) in [5, 5.41) is 5.69. The van der Waals surface area contributed by atoms with Gasteiger partial charge in [-0.15, -0.1) is 0 Å². The standard InChI is InChI=1S/C22H24N4O3/c23-18(15-4-2-1-3-5-15)12-24-11-14-6-7-17-16(10-14)13-26(22(17)29)19-8-9-20(27)25-21(19)28/h1-7,10,18-19,24H,8-9,11-13,23H2,(H,25,27,28)/t18-,19?/m1/s1. The van der Waals surface area contributed by atoms with E-state index in [-0.39, 0.29) is 30.2 Å². The molecule has 2 aromatic rings. The Morgan fingerprint density at radius 3 is 2.69 bits per heavy atom. The minimum atomic E-state index is -0.585. The molecule has 4 N–H and O–H groups in total. The van der Waals surface area contributed by atoms with Gasteiger partial charge in [0.1, 0.15) is 6.04 Å². The van der Waals surface area contributed by atoms with Crippen molar-refractivity contribution in [1.82, 2.24) is 15.5 Å². The van der Waals surface area contributed by atoms with E-state index in [1.165, 1.54) is 0 Å². The normalized spacial score (nSPS) is 19.8. The lowest BCUT2D eigenvalue weighted by molar-refractivity contribution is -0.136. The number of piperidine rings is 1. The summed E-state index contributed by atoms with van der Waals surface area (Å²) in [6, 6.07) is 15.0. The molecule has 3 amide bonds. The first-order chi connectivity index (χ1) is 14.0. The minimum Gasteiger partial charge on any atom is -0.323 e. The van der Waals surface area contributed by atoms with Crippen LogP contribution in [0.3, 0.4) is 0 Å². The van der Waals surface area contributed by atoms with Crippen molar-refractivity contribution in [2.75, 3.05) is 6.54 Å². The van der Waals surface area contributed by atoms with E-state index in [1.54, 1.807) is 4.90 Å². The van der Waals surface area contributed by atoms with Gasteiger partial charge in [-0.25, -0.2) is 0 Å². The molecule has 0 radical (unpaired) electrons. The molecule has 0 saturated carbocycles. The summed E-state index contributed by atoms with van der Waals surface area (Å²) in [6.07, 6.45) is 0.629. The summed E-state index contributed by atoms with van der Waals surface area (Å²) < 4.78 is 0. The van der Waals surface area contributed by atoms with E-state index in [0.29, 0.717) is 31.6 Å². The maximum absolute atomic E-state index is 12.7. The van der Waals surface area contributed by atoms with Crippen LogP contribution in [-0.4, -0.2) is 35.2 Å².